The number of halogens is 1. The summed E-state index contributed by atoms with van der Waals surface area (Å²) in [4.78, 5) is 0.144. The lowest BCUT2D eigenvalue weighted by Crippen LogP contribution is -2.34. The number of benzene rings is 1. The van der Waals surface area contributed by atoms with E-state index in [1.165, 1.54) is 24.6 Å². The summed E-state index contributed by atoms with van der Waals surface area (Å²) in [6, 6.07) is 4.35. The molecule has 3 N–H and O–H groups in total. The highest BCUT2D eigenvalue weighted by atomic mass is 35.5. The number of hydrogen-bond donors (Lipinski definition) is 2. The van der Waals surface area contributed by atoms with Gasteiger partial charge >= 0.3 is 0 Å². The minimum Gasteiger partial charge on any atom is -0.398 e. The second-order valence-corrected chi connectivity index (χ2v) is 8.30. The third-order valence-electron chi connectivity index (χ3n) is 3.48. The smallest absolute Gasteiger partial charge is 0.240 e. The van der Waals surface area contributed by atoms with Crippen LogP contribution in [0.5, 0.6) is 0 Å². The molecule has 0 amide bonds. The van der Waals surface area contributed by atoms with Gasteiger partial charge in [-0.2, -0.15) is 0 Å². The molecule has 1 aromatic rings. The van der Waals surface area contributed by atoms with Gasteiger partial charge in [-0.3, -0.25) is 0 Å². The van der Waals surface area contributed by atoms with Crippen molar-refractivity contribution in [1.82, 2.24) is 4.72 Å². The fourth-order valence-electron chi connectivity index (χ4n) is 1.99. The van der Waals surface area contributed by atoms with E-state index in [0.29, 0.717) is 12.2 Å². The third-order valence-corrected chi connectivity index (χ3v) is 5.21. The minimum atomic E-state index is -3.55. The highest BCUT2D eigenvalue weighted by molar-refractivity contribution is 7.89. The van der Waals surface area contributed by atoms with Crippen LogP contribution in [-0.4, -0.2) is 15.0 Å². The van der Waals surface area contributed by atoms with Crippen molar-refractivity contribution in [2.75, 3.05) is 12.3 Å². The van der Waals surface area contributed by atoms with Crippen LogP contribution in [0.3, 0.4) is 0 Å². The summed E-state index contributed by atoms with van der Waals surface area (Å²) in [6.07, 6.45) is 4.43. The average molecular weight is 333 g/mol. The molecule has 120 valence electrons. The van der Waals surface area contributed by atoms with Crippen molar-refractivity contribution in [3.63, 3.8) is 0 Å². The van der Waals surface area contributed by atoms with Gasteiger partial charge in [-0.05, 0) is 30.0 Å². The molecule has 0 saturated heterocycles. The molecular weight excluding hydrogens is 308 g/mol. The molecule has 0 heterocycles. The van der Waals surface area contributed by atoms with Gasteiger partial charge in [0.25, 0.3) is 0 Å². The fraction of sp³-hybridized carbons (Fsp3) is 0.600. The van der Waals surface area contributed by atoms with Gasteiger partial charge in [0, 0.05) is 6.54 Å². The van der Waals surface area contributed by atoms with E-state index in [-0.39, 0.29) is 15.3 Å². The molecule has 0 saturated carbocycles. The van der Waals surface area contributed by atoms with Crippen LogP contribution in [0.1, 0.15) is 46.5 Å². The van der Waals surface area contributed by atoms with Crippen LogP contribution < -0.4 is 10.5 Å². The van der Waals surface area contributed by atoms with Gasteiger partial charge in [-0.1, -0.05) is 51.6 Å². The lowest BCUT2D eigenvalue weighted by molar-refractivity contribution is 0.320. The first kappa shape index (κ1) is 18.3. The highest BCUT2D eigenvalue weighted by Gasteiger charge is 2.22. The molecule has 6 heteroatoms. The largest absolute Gasteiger partial charge is 0.398 e. The van der Waals surface area contributed by atoms with Crippen molar-refractivity contribution < 1.29 is 8.42 Å². The normalized spacial score (nSPS) is 12.6. The molecule has 21 heavy (non-hydrogen) atoms. The van der Waals surface area contributed by atoms with Gasteiger partial charge in [0.15, 0.2) is 0 Å². The molecular formula is C15H25ClN2O2S. The van der Waals surface area contributed by atoms with E-state index in [1.807, 2.05) is 0 Å². The Morgan fingerprint density at radius 1 is 1.29 bits per heavy atom. The van der Waals surface area contributed by atoms with Gasteiger partial charge in [0.1, 0.15) is 0 Å². The van der Waals surface area contributed by atoms with E-state index in [4.69, 9.17) is 17.3 Å². The van der Waals surface area contributed by atoms with Crippen molar-refractivity contribution in [3.8, 4) is 0 Å². The second-order valence-electron chi connectivity index (χ2n) is 6.13. The lowest BCUT2D eigenvalue weighted by atomic mass is 9.87. The van der Waals surface area contributed by atoms with Crippen LogP contribution in [0.4, 0.5) is 5.69 Å². The van der Waals surface area contributed by atoms with Gasteiger partial charge in [-0.15, -0.1) is 0 Å². The lowest BCUT2D eigenvalue weighted by Gasteiger charge is -2.25. The van der Waals surface area contributed by atoms with Crippen LogP contribution in [0, 0.1) is 5.41 Å². The van der Waals surface area contributed by atoms with E-state index in [0.717, 1.165) is 19.3 Å². The Balaban J connectivity index is 2.70. The molecule has 4 nitrogen and oxygen atoms in total. The number of anilines is 1. The quantitative estimate of drug-likeness (QED) is 0.561. The molecule has 0 aliphatic rings. The van der Waals surface area contributed by atoms with Crippen LogP contribution in [0.2, 0.25) is 5.02 Å². The summed E-state index contributed by atoms with van der Waals surface area (Å²) in [6.45, 7) is 6.70. The standard InChI is InChI=1S/C15H25ClN2O2S/c1-4-5-6-9-15(2,3)11-18-21(19,20)12-7-8-14(17)13(16)10-12/h7-8,10,18H,4-6,9,11,17H2,1-3H3. The van der Waals surface area contributed by atoms with E-state index in [2.05, 4.69) is 25.5 Å². The predicted molar refractivity (Wildman–Crippen MR) is 89.0 cm³/mol. The van der Waals surface area contributed by atoms with E-state index in [9.17, 15) is 8.42 Å². The number of nitrogens with one attached hydrogen (secondary N) is 1. The Morgan fingerprint density at radius 3 is 2.52 bits per heavy atom. The zero-order valence-corrected chi connectivity index (χ0v) is 14.5. The molecule has 1 rings (SSSR count). The fourth-order valence-corrected chi connectivity index (χ4v) is 3.50. The zero-order valence-electron chi connectivity index (χ0n) is 12.9. The summed E-state index contributed by atoms with van der Waals surface area (Å²) < 4.78 is 27.2. The number of unbranched alkanes of at least 4 members (excludes halogenated alkanes) is 2. The Kier molecular flexibility index (Phi) is 6.50. The topological polar surface area (TPSA) is 72.2 Å². The zero-order chi connectivity index (χ0) is 16.1. The molecule has 0 radical (unpaired) electrons. The molecule has 0 aromatic heterocycles. The maximum atomic E-state index is 12.3. The summed E-state index contributed by atoms with van der Waals surface area (Å²) in [7, 11) is -3.55. The average Bonchev–Trinajstić information content (AvgIpc) is 2.40. The van der Waals surface area contributed by atoms with Crippen molar-refractivity contribution in [1.29, 1.82) is 0 Å². The summed E-state index contributed by atoms with van der Waals surface area (Å²) in [5.74, 6) is 0. The van der Waals surface area contributed by atoms with Crippen LogP contribution >= 0.6 is 11.6 Å². The van der Waals surface area contributed by atoms with E-state index < -0.39 is 10.0 Å². The number of hydrogen-bond acceptors (Lipinski definition) is 3. The molecule has 0 spiro atoms. The first-order chi connectivity index (χ1) is 9.68. The van der Waals surface area contributed by atoms with Gasteiger partial charge < -0.3 is 5.73 Å². The Labute approximate surface area is 133 Å². The molecule has 0 bridgehead atoms. The maximum Gasteiger partial charge on any atom is 0.240 e. The number of nitrogens with two attached hydrogens (primary N) is 1. The van der Waals surface area contributed by atoms with Crippen LogP contribution in [0.15, 0.2) is 23.1 Å². The molecule has 0 fully saturated rings. The molecule has 0 atom stereocenters. The molecule has 0 aliphatic carbocycles. The second kappa shape index (κ2) is 7.47. The Morgan fingerprint density at radius 2 is 1.95 bits per heavy atom. The third kappa shape index (κ3) is 5.85. The van der Waals surface area contributed by atoms with Crippen LogP contribution in [-0.2, 0) is 10.0 Å². The molecule has 0 aliphatic heterocycles. The SMILES string of the molecule is CCCCCC(C)(C)CNS(=O)(=O)c1ccc(N)c(Cl)c1. The highest BCUT2D eigenvalue weighted by Crippen LogP contribution is 2.25. The molecule has 1 aromatic carbocycles. The van der Waals surface area contributed by atoms with Crippen LogP contribution in [0.25, 0.3) is 0 Å². The first-order valence-corrected chi connectivity index (χ1v) is 9.09. The van der Waals surface area contributed by atoms with Crippen molar-refractivity contribution >= 4 is 27.3 Å². The summed E-state index contributed by atoms with van der Waals surface area (Å²) in [5.41, 5.74) is 5.90. The van der Waals surface area contributed by atoms with E-state index >= 15 is 0 Å². The van der Waals surface area contributed by atoms with Gasteiger partial charge in [0.2, 0.25) is 10.0 Å². The summed E-state index contributed by atoms with van der Waals surface area (Å²) >= 11 is 5.88. The van der Waals surface area contributed by atoms with Gasteiger partial charge in [-0.25, -0.2) is 13.1 Å². The summed E-state index contributed by atoms with van der Waals surface area (Å²) in [5, 5.41) is 0.250. The first-order valence-electron chi connectivity index (χ1n) is 7.23. The Bertz CT molecular complexity index is 571. The maximum absolute atomic E-state index is 12.3. The minimum absolute atomic E-state index is 0.0696. The predicted octanol–water partition coefficient (Wildman–Crippen LogP) is 3.81. The number of sulfonamides is 1. The van der Waals surface area contributed by atoms with E-state index in [1.54, 1.807) is 0 Å². The van der Waals surface area contributed by atoms with Crippen molar-refractivity contribution in [2.24, 2.45) is 5.41 Å². The van der Waals surface area contributed by atoms with Crippen molar-refractivity contribution in [3.05, 3.63) is 23.2 Å². The Hall–Kier alpha value is -0.780. The number of nitrogen functional groups attached to an aromatic ring is 1. The monoisotopic (exact) mass is 332 g/mol. The number of rotatable bonds is 8. The van der Waals surface area contributed by atoms with Gasteiger partial charge in [0.05, 0.1) is 15.6 Å². The molecule has 0 unspecified atom stereocenters. The van der Waals surface area contributed by atoms with Crippen molar-refractivity contribution in [2.45, 2.75) is 51.3 Å².